The normalized spacial score (nSPS) is 10.7. The highest BCUT2D eigenvalue weighted by Gasteiger charge is 2.03. The first-order valence-electron chi connectivity index (χ1n) is 8.68. The summed E-state index contributed by atoms with van der Waals surface area (Å²) in [6.07, 6.45) is 1.37. The van der Waals surface area contributed by atoms with E-state index in [2.05, 4.69) is 20.9 Å². The maximum atomic E-state index is 11.7. The molecule has 0 unspecified atom stereocenters. The lowest BCUT2D eigenvalue weighted by Crippen LogP contribution is -2.36. The highest BCUT2D eigenvalue weighted by molar-refractivity contribution is 14.0. The van der Waals surface area contributed by atoms with Gasteiger partial charge in [0.2, 0.25) is 5.91 Å². The van der Waals surface area contributed by atoms with Gasteiger partial charge in [-0.3, -0.25) is 9.79 Å². The van der Waals surface area contributed by atoms with Crippen molar-refractivity contribution in [1.82, 2.24) is 10.6 Å². The molecule has 0 aromatic heterocycles. The zero-order valence-corrected chi connectivity index (χ0v) is 18.7. The number of anilines is 1. The number of carbonyl (C=O) groups is 1. The molecule has 2 aromatic rings. The number of rotatable bonds is 7. The molecule has 0 fully saturated rings. The maximum Gasteiger partial charge on any atom is 0.224 e. The number of hydrogen-bond donors (Lipinski definition) is 3. The second kappa shape index (κ2) is 12.6. The Labute approximate surface area is 183 Å². The second-order valence-electron chi connectivity index (χ2n) is 5.90. The summed E-state index contributed by atoms with van der Waals surface area (Å²) in [7, 11) is 1.73. The van der Waals surface area contributed by atoms with Crippen molar-refractivity contribution in [3.63, 3.8) is 0 Å². The number of nitrogens with zero attached hydrogens (tertiary/aromatic N) is 1. The molecule has 0 bridgehead atoms. The van der Waals surface area contributed by atoms with Crippen molar-refractivity contribution in [2.45, 2.75) is 32.9 Å². The maximum absolute atomic E-state index is 11.7. The van der Waals surface area contributed by atoms with E-state index >= 15 is 0 Å². The number of nitrogens with one attached hydrogen (secondary N) is 3. The van der Waals surface area contributed by atoms with Crippen LogP contribution < -0.4 is 16.0 Å². The van der Waals surface area contributed by atoms with E-state index in [1.54, 1.807) is 7.05 Å². The fourth-order valence-electron chi connectivity index (χ4n) is 2.40. The van der Waals surface area contributed by atoms with Crippen LogP contribution in [0.1, 0.15) is 30.9 Å². The Morgan fingerprint density at radius 1 is 1.04 bits per heavy atom. The van der Waals surface area contributed by atoms with Crippen molar-refractivity contribution < 1.29 is 4.79 Å². The molecule has 0 aliphatic heterocycles. The first-order valence-corrected chi connectivity index (χ1v) is 9.06. The van der Waals surface area contributed by atoms with Gasteiger partial charge in [0.25, 0.3) is 0 Å². The van der Waals surface area contributed by atoms with E-state index in [9.17, 15) is 4.79 Å². The SMILES string of the molecule is CCCC(=O)Nc1cccc(CNC(=NC)NCc2ccc(Cl)cc2)c1.I. The summed E-state index contributed by atoms with van der Waals surface area (Å²) in [5.74, 6) is 0.749. The number of guanidine groups is 1. The predicted molar refractivity (Wildman–Crippen MR) is 124 cm³/mol. The summed E-state index contributed by atoms with van der Waals surface area (Å²) >= 11 is 5.90. The molecule has 5 nitrogen and oxygen atoms in total. The van der Waals surface area contributed by atoms with E-state index in [0.29, 0.717) is 25.5 Å². The van der Waals surface area contributed by atoms with E-state index in [4.69, 9.17) is 11.6 Å². The summed E-state index contributed by atoms with van der Waals surface area (Å²) in [6.45, 7) is 3.25. The zero-order valence-electron chi connectivity index (χ0n) is 15.6. The third-order valence-electron chi connectivity index (χ3n) is 3.74. The van der Waals surface area contributed by atoms with Gasteiger partial charge in [0, 0.05) is 37.3 Å². The summed E-state index contributed by atoms with van der Waals surface area (Å²) in [5.41, 5.74) is 3.00. The molecule has 1 amide bonds. The quantitative estimate of drug-likeness (QED) is 0.297. The molecular formula is C20H26ClIN4O. The van der Waals surface area contributed by atoms with Gasteiger partial charge in [-0.15, -0.1) is 24.0 Å². The lowest BCUT2D eigenvalue weighted by molar-refractivity contribution is -0.116. The Hall–Kier alpha value is -1.80. The molecule has 7 heteroatoms. The first kappa shape index (κ1) is 23.2. The van der Waals surface area contributed by atoms with E-state index in [-0.39, 0.29) is 29.9 Å². The van der Waals surface area contributed by atoms with E-state index in [1.165, 1.54) is 0 Å². The average Bonchev–Trinajstić information content (AvgIpc) is 2.64. The Bertz CT molecular complexity index is 750. The van der Waals surface area contributed by atoms with Crippen molar-refractivity contribution in [2.75, 3.05) is 12.4 Å². The number of amides is 1. The number of aliphatic imine (C=N–C) groups is 1. The fourth-order valence-corrected chi connectivity index (χ4v) is 2.53. The third kappa shape index (κ3) is 8.62. The van der Waals surface area contributed by atoms with Crippen molar-refractivity contribution >= 4 is 53.1 Å². The molecule has 2 aromatic carbocycles. The lowest BCUT2D eigenvalue weighted by Gasteiger charge is -2.13. The van der Waals surface area contributed by atoms with Crippen LogP contribution in [-0.2, 0) is 17.9 Å². The van der Waals surface area contributed by atoms with Crippen LogP contribution >= 0.6 is 35.6 Å². The third-order valence-corrected chi connectivity index (χ3v) is 4.00. The van der Waals surface area contributed by atoms with Crippen molar-refractivity contribution in [3.8, 4) is 0 Å². The zero-order chi connectivity index (χ0) is 18.8. The monoisotopic (exact) mass is 500 g/mol. The fraction of sp³-hybridized carbons (Fsp3) is 0.300. The van der Waals surface area contributed by atoms with Crippen LogP contribution in [0.3, 0.4) is 0 Å². The number of carbonyl (C=O) groups excluding carboxylic acids is 1. The molecule has 0 saturated carbocycles. The van der Waals surface area contributed by atoms with Gasteiger partial charge in [-0.05, 0) is 41.8 Å². The lowest BCUT2D eigenvalue weighted by atomic mass is 10.2. The minimum absolute atomic E-state index is 0. The van der Waals surface area contributed by atoms with Gasteiger partial charge < -0.3 is 16.0 Å². The van der Waals surface area contributed by atoms with Gasteiger partial charge in [-0.1, -0.05) is 42.8 Å². The minimum atomic E-state index is 0. The van der Waals surface area contributed by atoms with Gasteiger partial charge in [0.15, 0.2) is 5.96 Å². The smallest absolute Gasteiger partial charge is 0.224 e. The summed E-state index contributed by atoms with van der Waals surface area (Å²) in [6, 6.07) is 15.5. The van der Waals surface area contributed by atoms with Gasteiger partial charge >= 0.3 is 0 Å². The van der Waals surface area contributed by atoms with Crippen LogP contribution in [0.4, 0.5) is 5.69 Å². The largest absolute Gasteiger partial charge is 0.352 e. The molecule has 0 radical (unpaired) electrons. The van der Waals surface area contributed by atoms with Gasteiger partial charge in [0.05, 0.1) is 0 Å². The first-order chi connectivity index (χ1) is 12.6. The van der Waals surface area contributed by atoms with Crippen molar-refractivity contribution in [3.05, 3.63) is 64.7 Å². The minimum Gasteiger partial charge on any atom is -0.352 e. The molecule has 27 heavy (non-hydrogen) atoms. The van der Waals surface area contributed by atoms with Crippen LogP contribution in [-0.4, -0.2) is 18.9 Å². The molecule has 0 atom stereocenters. The predicted octanol–water partition coefficient (Wildman–Crippen LogP) is 4.56. The van der Waals surface area contributed by atoms with Crippen LogP contribution in [0, 0.1) is 0 Å². The van der Waals surface area contributed by atoms with Gasteiger partial charge in [0.1, 0.15) is 0 Å². The summed E-state index contributed by atoms with van der Waals surface area (Å²) < 4.78 is 0. The van der Waals surface area contributed by atoms with Crippen molar-refractivity contribution in [2.24, 2.45) is 4.99 Å². The average molecular weight is 501 g/mol. The number of halogens is 2. The molecule has 3 N–H and O–H groups in total. The van der Waals surface area contributed by atoms with Crippen LogP contribution in [0.2, 0.25) is 5.02 Å². The second-order valence-corrected chi connectivity index (χ2v) is 6.34. The van der Waals surface area contributed by atoms with E-state index in [0.717, 1.165) is 28.3 Å². The van der Waals surface area contributed by atoms with Gasteiger partial charge in [-0.2, -0.15) is 0 Å². The highest BCUT2D eigenvalue weighted by atomic mass is 127. The Morgan fingerprint density at radius 2 is 1.70 bits per heavy atom. The Kier molecular flexibility index (Phi) is 10.8. The standard InChI is InChI=1S/C20H25ClN4O.HI/c1-3-5-19(26)25-18-7-4-6-16(12-18)14-24-20(22-2)23-13-15-8-10-17(21)11-9-15;/h4,6-12H,3,5,13-14H2,1-2H3,(H,25,26)(H2,22,23,24);1H. The van der Waals surface area contributed by atoms with Crippen LogP contribution in [0.5, 0.6) is 0 Å². The molecule has 0 aliphatic carbocycles. The number of benzene rings is 2. The molecule has 0 heterocycles. The Balaban J connectivity index is 0.00000364. The van der Waals surface area contributed by atoms with E-state index in [1.807, 2.05) is 55.5 Å². The molecule has 2 rings (SSSR count). The number of hydrogen-bond acceptors (Lipinski definition) is 2. The summed E-state index contributed by atoms with van der Waals surface area (Å²) in [5, 5.41) is 10.2. The summed E-state index contributed by atoms with van der Waals surface area (Å²) in [4.78, 5) is 15.9. The highest BCUT2D eigenvalue weighted by Crippen LogP contribution is 2.11. The molecule has 0 aliphatic rings. The Morgan fingerprint density at radius 3 is 2.33 bits per heavy atom. The van der Waals surface area contributed by atoms with Crippen LogP contribution in [0.15, 0.2) is 53.5 Å². The van der Waals surface area contributed by atoms with E-state index < -0.39 is 0 Å². The molecule has 0 spiro atoms. The topological polar surface area (TPSA) is 65.5 Å². The molecule has 146 valence electrons. The van der Waals surface area contributed by atoms with Crippen LogP contribution in [0.25, 0.3) is 0 Å². The van der Waals surface area contributed by atoms with Crippen molar-refractivity contribution in [1.29, 1.82) is 0 Å². The molecule has 0 saturated heterocycles. The molecular weight excluding hydrogens is 475 g/mol. The van der Waals surface area contributed by atoms with Gasteiger partial charge in [-0.25, -0.2) is 0 Å².